The average molecular weight is 425 g/mol. The van der Waals surface area contributed by atoms with Crippen LogP contribution in [0.3, 0.4) is 0 Å². The molecule has 2 fully saturated rings. The van der Waals surface area contributed by atoms with Gasteiger partial charge in [-0.2, -0.15) is 5.10 Å². The largest absolute Gasteiger partial charge is 0.370 e. The summed E-state index contributed by atoms with van der Waals surface area (Å²) in [5.74, 6) is 5.80. The summed E-state index contributed by atoms with van der Waals surface area (Å²) < 4.78 is 28.8. The normalized spacial score (nSPS) is 25.1. The Hall–Kier alpha value is -1.29. The summed E-state index contributed by atoms with van der Waals surface area (Å²) in [6, 6.07) is 2.22. The molecule has 1 aromatic heterocycles. The number of piperidine rings is 1. The van der Waals surface area contributed by atoms with Gasteiger partial charge in [0, 0.05) is 42.0 Å². The van der Waals surface area contributed by atoms with Crippen molar-refractivity contribution in [1.29, 1.82) is 0 Å². The topological polar surface area (TPSA) is 97.3 Å². The fourth-order valence-electron chi connectivity index (χ4n) is 4.29. The number of hydrogen-bond acceptors (Lipinski definition) is 8. The number of ether oxygens (including phenoxy) is 1. The second-order valence-electron chi connectivity index (χ2n) is 7.90. The van der Waals surface area contributed by atoms with Crippen molar-refractivity contribution in [3.8, 4) is 0 Å². The maximum atomic E-state index is 11.2. The highest BCUT2D eigenvalue weighted by Gasteiger charge is 2.42. The van der Waals surface area contributed by atoms with E-state index in [4.69, 9.17) is 10.6 Å². The molecule has 0 aromatic carbocycles. The van der Waals surface area contributed by atoms with Crippen molar-refractivity contribution in [2.75, 3.05) is 37.7 Å². The van der Waals surface area contributed by atoms with Gasteiger partial charge in [-0.3, -0.25) is 9.89 Å². The van der Waals surface area contributed by atoms with Crippen LogP contribution in [-0.2, 0) is 33.0 Å². The van der Waals surface area contributed by atoms with E-state index in [1.54, 1.807) is 6.21 Å². The van der Waals surface area contributed by atoms with Gasteiger partial charge in [0.05, 0.1) is 35.5 Å². The zero-order chi connectivity index (χ0) is 19.8. The number of hydrogen-bond donors (Lipinski definition) is 1. The Balaban J connectivity index is 1.36. The molecule has 9 heteroatoms. The Morgan fingerprint density at radius 3 is 2.82 bits per heavy atom. The molecule has 0 radical (unpaired) electrons. The lowest BCUT2D eigenvalue weighted by Crippen LogP contribution is -2.47. The predicted octanol–water partition coefficient (Wildman–Crippen LogP) is 1.36. The first kappa shape index (κ1) is 20.0. The molecule has 3 aliphatic heterocycles. The van der Waals surface area contributed by atoms with Crippen molar-refractivity contribution < 1.29 is 13.2 Å². The molecule has 1 aromatic rings. The summed E-state index contributed by atoms with van der Waals surface area (Å²) in [4.78, 5) is 9.60. The summed E-state index contributed by atoms with van der Waals surface area (Å²) in [6.07, 6.45) is 5.69. The molecule has 3 aliphatic rings. The van der Waals surface area contributed by atoms with Gasteiger partial charge in [0.15, 0.2) is 9.84 Å². The Morgan fingerprint density at radius 1 is 1.43 bits per heavy atom. The zero-order valence-electron chi connectivity index (χ0n) is 16.3. The number of nitrogens with two attached hydrogens (primary N) is 1. The summed E-state index contributed by atoms with van der Waals surface area (Å²) >= 11 is 1.95. The second-order valence-corrected chi connectivity index (χ2v) is 11.3. The lowest BCUT2D eigenvalue weighted by atomic mass is 9.82. The minimum atomic E-state index is -2.86. The maximum absolute atomic E-state index is 11.2. The van der Waals surface area contributed by atoms with Crippen LogP contribution in [0.4, 0.5) is 0 Å². The molecular weight excluding hydrogens is 396 g/mol. The predicted molar refractivity (Wildman–Crippen MR) is 113 cm³/mol. The standard InChI is InChI=1S/C19H28N4O3S2/c1-2-16-9-17-18(27-16)3-8-26-19(17)4-6-23(7-5-19)11-14(22-20)10-21-15-12-28(24,25)13-15/h9-10,15H,2-8,11-13,20H2,1H3. The Bertz CT molecular complexity index is 871. The van der Waals surface area contributed by atoms with Crippen LogP contribution >= 0.6 is 11.3 Å². The van der Waals surface area contributed by atoms with Crippen LogP contribution in [-0.4, -0.2) is 69.0 Å². The summed E-state index contributed by atoms with van der Waals surface area (Å²) in [5.41, 5.74) is 1.97. The van der Waals surface area contributed by atoms with E-state index in [1.165, 1.54) is 15.3 Å². The smallest absolute Gasteiger partial charge is 0.154 e. The third kappa shape index (κ3) is 4.03. The lowest BCUT2D eigenvalue weighted by Gasteiger charge is -2.44. The SMILES string of the molecule is CCc1cc2c(s1)CCOC21CCN(CC(C=NC2CS(=O)(=O)C2)=NN)CC1. The van der Waals surface area contributed by atoms with Crippen LogP contribution in [0.1, 0.15) is 35.1 Å². The first-order valence-corrected chi connectivity index (χ1v) is 12.6. The van der Waals surface area contributed by atoms with Crippen LogP contribution in [0.5, 0.6) is 0 Å². The number of rotatable bonds is 5. The van der Waals surface area contributed by atoms with Gasteiger partial charge in [-0.25, -0.2) is 8.42 Å². The third-order valence-electron chi connectivity index (χ3n) is 5.95. The Labute approximate surface area is 170 Å². The van der Waals surface area contributed by atoms with Gasteiger partial charge < -0.3 is 10.6 Å². The molecule has 1 spiro atoms. The zero-order valence-corrected chi connectivity index (χ0v) is 17.9. The van der Waals surface area contributed by atoms with Gasteiger partial charge in [0.1, 0.15) is 0 Å². The Kier molecular flexibility index (Phi) is 5.61. The quantitative estimate of drug-likeness (QED) is 0.437. The van der Waals surface area contributed by atoms with Crippen LogP contribution in [0.25, 0.3) is 0 Å². The molecule has 0 amide bonds. The van der Waals surface area contributed by atoms with Crippen molar-refractivity contribution in [2.45, 2.75) is 44.2 Å². The van der Waals surface area contributed by atoms with Gasteiger partial charge >= 0.3 is 0 Å². The van der Waals surface area contributed by atoms with E-state index in [1.807, 2.05) is 11.3 Å². The highest BCUT2D eigenvalue weighted by Crippen LogP contribution is 2.44. The fraction of sp³-hybridized carbons (Fsp3) is 0.684. The molecule has 7 nitrogen and oxygen atoms in total. The highest BCUT2D eigenvalue weighted by atomic mass is 32.2. The van der Waals surface area contributed by atoms with E-state index in [0.717, 1.165) is 45.4 Å². The number of likely N-dealkylation sites (tertiary alicyclic amines) is 1. The molecule has 154 valence electrons. The van der Waals surface area contributed by atoms with E-state index in [0.29, 0.717) is 12.3 Å². The number of thiophene rings is 1. The van der Waals surface area contributed by atoms with E-state index >= 15 is 0 Å². The molecule has 0 atom stereocenters. The number of nitrogens with zero attached hydrogens (tertiary/aromatic N) is 3. The number of aliphatic imine (C=N–C) groups is 1. The fourth-order valence-corrected chi connectivity index (χ4v) is 6.72. The van der Waals surface area contributed by atoms with Gasteiger partial charge in [0.25, 0.3) is 0 Å². The number of hydrazone groups is 1. The molecule has 0 saturated carbocycles. The average Bonchev–Trinajstić information content (AvgIpc) is 3.10. The van der Waals surface area contributed by atoms with E-state index < -0.39 is 9.84 Å². The number of sulfone groups is 1. The van der Waals surface area contributed by atoms with Crippen molar-refractivity contribution in [1.82, 2.24) is 4.90 Å². The molecule has 0 bridgehead atoms. The first-order valence-electron chi connectivity index (χ1n) is 9.92. The lowest BCUT2D eigenvalue weighted by molar-refractivity contribution is -0.0953. The van der Waals surface area contributed by atoms with Gasteiger partial charge in [0.2, 0.25) is 0 Å². The monoisotopic (exact) mass is 424 g/mol. The summed E-state index contributed by atoms with van der Waals surface area (Å²) in [6.45, 7) is 5.49. The van der Waals surface area contributed by atoms with Crippen LogP contribution in [0.15, 0.2) is 16.2 Å². The van der Waals surface area contributed by atoms with Crippen molar-refractivity contribution in [3.05, 3.63) is 21.4 Å². The molecule has 4 rings (SSSR count). The van der Waals surface area contributed by atoms with Gasteiger partial charge in [-0.05, 0) is 30.9 Å². The molecule has 4 heterocycles. The molecular formula is C19H28N4O3S2. The summed E-state index contributed by atoms with van der Waals surface area (Å²) in [5, 5.41) is 3.85. The second kappa shape index (κ2) is 7.85. The van der Waals surface area contributed by atoms with Gasteiger partial charge in [-0.15, -0.1) is 11.3 Å². The van der Waals surface area contributed by atoms with Crippen molar-refractivity contribution in [3.63, 3.8) is 0 Å². The minimum absolute atomic E-state index is 0.133. The highest BCUT2D eigenvalue weighted by molar-refractivity contribution is 7.92. The van der Waals surface area contributed by atoms with Crippen molar-refractivity contribution in [2.24, 2.45) is 15.9 Å². The molecule has 0 aliphatic carbocycles. The first-order chi connectivity index (χ1) is 13.4. The van der Waals surface area contributed by atoms with Crippen LogP contribution < -0.4 is 5.84 Å². The van der Waals surface area contributed by atoms with Crippen molar-refractivity contribution >= 4 is 33.1 Å². The molecule has 2 saturated heterocycles. The third-order valence-corrected chi connectivity index (χ3v) is 9.07. The summed E-state index contributed by atoms with van der Waals surface area (Å²) in [7, 11) is -2.86. The van der Waals surface area contributed by atoms with Crippen LogP contribution in [0, 0.1) is 0 Å². The molecule has 0 unspecified atom stereocenters. The van der Waals surface area contributed by atoms with E-state index in [2.05, 4.69) is 28.0 Å². The maximum Gasteiger partial charge on any atom is 0.154 e. The number of aryl methyl sites for hydroxylation is 1. The van der Waals surface area contributed by atoms with E-state index in [9.17, 15) is 8.42 Å². The molecule has 2 N–H and O–H groups in total. The minimum Gasteiger partial charge on any atom is -0.370 e. The van der Waals surface area contributed by atoms with E-state index in [-0.39, 0.29) is 23.1 Å². The van der Waals surface area contributed by atoms with Gasteiger partial charge in [-0.1, -0.05) is 6.92 Å². The van der Waals surface area contributed by atoms with Crippen LogP contribution in [0.2, 0.25) is 0 Å². The number of fused-ring (bicyclic) bond motifs is 2. The Morgan fingerprint density at radius 2 is 2.18 bits per heavy atom. The molecule has 28 heavy (non-hydrogen) atoms.